The van der Waals surface area contributed by atoms with E-state index >= 15 is 0 Å². The Kier molecular flexibility index (Phi) is 10.6. The number of carbonyl (C=O) groups excluding carboxylic acids is 2. The molecule has 2 amide bonds. The van der Waals surface area contributed by atoms with E-state index in [-0.39, 0.29) is 17.6 Å². The third-order valence-corrected chi connectivity index (χ3v) is 5.03. The first-order chi connectivity index (χ1) is 15.8. The minimum atomic E-state index is -0.424. The van der Waals surface area contributed by atoms with Crippen molar-refractivity contribution >= 4 is 29.1 Å². The smallest absolute Gasteiger partial charge is 0.276 e. The van der Waals surface area contributed by atoms with Crippen molar-refractivity contribution in [3.8, 4) is 11.5 Å². The summed E-state index contributed by atoms with van der Waals surface area (Å²) < 4.78 is 11.3. The predicted octanol–water partition coefficient (Wildman–Crippen LogP) is 4.40. The average Bonchev–Trinajstić information content (AvgIpc) is 2.79. The molecule has 8 heteroatoms. The largest absolute Gasteiger partial charge is 0.494 e. The minimum absolute atomic E-state index is 0.0216. The van der Waals surface area contributed by atoms with E-state index in [1.807, 2.05) is 25.1 Å². The number of nitrogens with one attached hydrogen (secondary N) is 3. The monoisotopic (exact) mass is 471 g/mol. The Labute approximate surface area is 201 Å². The molecule has 0 atom stereocenters. The van der Waals surface area contributed by atoms with Gasteiger partial charge in [0.25, 0.3) is 11.8 Å². The summed E-state index contributed by atoms with van der Waals surface area (Å²) in [6.45, 7) is 8.70. The second-order valence-corrected chi connectivity index (χ2v) is 8.43. The molecule has 0 unspecified atom stereocenters. The molecule has 33 heavy (non-hydrogen) atoms. The van der Waals surface area contributed by atoms with Crippen molar-refractivity contribution in [2.75, 3.05) is 13.2 Å². The Hall–Kier alpha value is -3.13. The highest BCUT2D eigenvalue weighted by Gasteiger charge is 2.12. The second-order valence-electron chi connectivity index (χ2n) is 8.02. The highest BCUT2D eigenvalue weighted by atomic mass is 32.1. The number of amides is 2. The van der Waals surface area contributed by atoms with Crippen LogP contribution >= 0.6 is 12.2 Å². The van der Waals surface area contributed by atoms with Crippen molar-refractivity contribution in [2.24, 2.45) is 0 Å². The maximum absolute atomic E-state index is 12.3. The van der Waals surface area contributed by atoms with Crippen molar-refractivity contribution < 1.29 is 19.1 Å². The molecule has 0 heterocycles. The molecule has 2 rings (SSSR count). The van der Waals surface area contributed by atoms with Crippen LogP contribution in [0, 0.1) is 6.92 Å². The van der Waals surface area contributed by atoms with E-state index in [4.69, 9.17) is 21.7 Å². The van der Waals surface area contributed by atoms with Crippen LogP contribution in [0.25, 0.3) is 0 Å². The van der Waals surface area contributed by atoms with Crippen LogP contribution in [0.3, 0.4) is 0 Å². The second kappa shape index (κ2) is 13.4. The van der Waals surface area contributed by atoms with Crippen LogP contribution in [0.4, 0.5) is 0 Å². The molecule has 0 saturated heterocycles. The summed E-state index contributed by atoms with van der Waals surface area (Å²) in [5.74, 6) is 0.842. The molecule has 178 valence electrons. The highest BCUT2D eigenvalue weighted by Crippen LogP contribution is 2.27. The third kappa shape index (κ3) is 9.10. The normalized spacial score (nSPS) is 10.5. The molecule has 0 fully saturated rings. The van der Waals surface area contributed by atoms with E-state index in [1.165, 1.54) is 0 Å². The summed E-state index contributed by atoms with van der Waals surface area (Å²) in [7, 11) is 0. The Morgan fingerprint density at radius 2 is 1.73 bits per heavy atom. The van der Waals surface area contributed by atoms with Crippen molar-refractivity contribution in [1.82, 2.24) is 16.2 Å². The Bertz CT molecular complexity index is 945. The molecule has 0 aromatic heterocycles. The zero-order chi connectivity index (χ0) is 24.2. The fourth-order valence-electron chi connectivity index (χ4n) is 3.00. The predicted molar refractivity (Wildman–Crippen MR) is 134 cm³/mol. The number of ether oxygens (including phenoxy) is 2. The van der Waals surface area contributed by atoms with Gasteiger partial charge in [-0.15, -0.1) is 0 Å². The lowest BCUT2D eigenvalue weighted by Gasteiger charge is -2.15. The van der Waals surface area contributed by atoms with Crippen LogP contribution in [0.5, 0.6) is 11.5 Å². The average molecular weight is 472 g/mol. The summed E-state index contributed by atoms with van der Waals surface area (Å²) in [4.78, 5) is 24.5. The number of thiocarbonyl (C=S) groups is 1. The van der Waals surface area contributed by atoms with Crippen LogP contribution in [0.2, 0.25) is 0 Å². The Morgan fingerprint density at radius 3 is 2.39 bits per heavy atom. The number of benzene rings is 2. The SMILES string of the molecule is CCCCCOc1ccc(C(=O)NC(=S)NNC(=O)COc2cc(C)ccc2C(C)C)cc1. The van der Waals surface area contributed by atoms with E-state index in [1.54, 1.807) is 24.3 Å². The summed E-state index contributed by atoms with van der Waals surface area (Å²) in [5.41, 5.74) is 7.44. The number of unbranched alkanes of at least 4 members (excludes halogenated alkanes) is 2. The van der Waals surface area contributed by atoms with Gasteiger partial charge in [0.2, 0.25) is 0 Å². The van der Waals surface area contributed by atoms with Crippen LogP contribution in [0.1, 0.15) is 67.4 Å². The topological polar surface area (TPSA) is 88.7 Å². The van der Waals surface area contributed by atoms with Gasteiger partial charge in [0.15, 0.2) is 11.7 Å². The number of rotatable bonds is 10. The lowest BCUT2D eigenvalue weighted by molar-refractivity contribution is -0.123. The van der Waals surface area contributed by atoms with Gasteiger partial charge >= 0.3 is 0 Å². The molecule has 7 nitrogen and oxygen atoms in total. The minimum Gasteiger partial charge on any atom is -0.494 e. The zero-order valence-corrected chi connectivity index (χ0v) is 20.5. The van der Waals surface area contributed by atoms with E-state index in [2.05, 4.69) is 36.9 Å². The zero-order valence-electron chi connectivity index (χ0n) is 19.7. The van der Waals surface area contributed by atoms with Gasteiger partial charge in [-0.1, -0.05) is 45.7 Å². The maximum atomic E-state index is 12.3. The molecule has 0 radical (unpaired) electrons. The molecule has 3 N–H and O–H groups in total. The van der Waals surface area contributed by atoms with Crippen LogP contribution < -0.4 is 25.6 Å². The molecular formula is C25H33N3O4S. The number of aryl methyl sites for hydroxylation is 1. The van der Waals surface area contributed by atoms with Gasteiger partial charge in [0.1, 0.15) is 11.5 Å². The first-order valence-corrected chi connectivity index (χ1v) is 11.6. The van der Waals surface area contributed by atoms with Crippen molar-refractivity contribution in [1.29, 1.82) is 0 Å². The summed E-state index contributed by atoms with van der Waals surface area (Å²) in [5, 5.41) is 2.50. The van der Waals surface area contributed by atoms with E-state index in [0.29, 0.717) is 23.7 Å². The Morgan fingerprint density at radius 1 is 1.00 bits per heavy atom. The quantitative estimate of drug-likeness (QED) is 0.270. The van der Waals surface area contributed by atoms with Crippen LogP contribution in [-0.4, -0.2) is 30.1 Å². The van der Waals surface area contributed by atoms with E-state index < -0.39 is 11.8 Å². The Balaban J connectivity index is 1.75. The van der Waals surface area contributed by atoms with Gasteiger partial charge in [-0.05, 0) is 72.9 Å². The molecule has 0 aliphatic rings. The van der Waals surface area contributed by atoms with Gasteiger partial charge in [0, 0.05) is 5.56 Å². The molecule has 2 aromatic carbocycles. The molecule has 2 aromatic rings. The van der Waals surface area contributed by atoms with Crippen LogP contribution in [0.15, 0.2) is 42.5 Å². The van der Waals surface area contributed by atoms with Crippen LogP contribution in [-0.2, 0) is 4.79 Å². The first kappa shape index (κ1) is 26.1. The summed E-state index contributed by atoms with van der Waals surface area (Å²) in [6, 6.07) is 12.7. The number of carbonyl (C=O) groups is 2. The van der Waals surface area contributed by atoms with Gasteiger partial charge in [-0.2, -0.15) is 0 Å². The summed E-state index contributed by atoms with van der Waals surface area (Å²) >= 11 is 5.08. The van der Waals surface area contributed by atoms with E-state index in [9.17, 15) is 9.59 Å². The van der Waals surface area contributed by atoms with Gasteiger partial charge in [-0.3, -0.25) is 25.8 Å². The fourth-order valence-corrected chi connectivity index (χ4v) is 3.14. The van der Waals surface area contributed by atoms with Gasteiger partial charge < -0.3 is 9.47 Å². The molecule has 0 spiro atoms. The molecule has 0 bridgehead atoms. The number of hydrogen-bond donors (Lipinski definition) is 3. The van der Waals surface area contributed by atoms with Gasteiger partial charge in [-0.25, -0.2) is 0 Å². The van der Waals surface area contributed by atoms with Crippen molar-refractivity contribution in [3.63, 3.8) is 0 Å². The summed E-state index contributed by atoms with van der Waals surface area (Å²) in [6.07, 6.45) is 3.26. The number of hydrazine groups is 1. The molecule has 0 aliphatic heterocycles. The number of hydrogen-bond acceptors (Lipinski definition) is 5. The molecular weight excluding hydrogens is 438 g/mol. The van der Waals surface area contributed by atoms with Crippen molar-refractivity contribution in [3.05, 3.63) is 59.2 Å². The molecule has 0 saturated carbocycles. The highest BCUT2D eigenvalue weighted by molar-refractivity contribution is 7.80. The maximum Gasteiger partial charge on any atom is 0.276 e. The molecule has 0 aliphatic carbocycles. The van der Waals surface area contributed by atoms with E-state index in [0.717, 1.165) is 30.4 Å². The lowest BCUT2D eigenvalue weighted by atomic mass is 10.0. The lowest BCUT2D eigenvalue weighted by Crippen LogP contribution is -2.49. The standard InChI is InChI=1S/C25H33N3O4S/c1-5-6-7-14-31-20-11-9-19(10-12-20)24(30)26-25(33)28-27-23(29)16-32-22-15-18(4)8-13-21(22)17(2)3/h8-13,15,17H,5-7,14,16H2,1-4H3,(H,27,29)(H2,26,28,30,33). The van der Waals surface area contributed by atoms with Crippen molar-refractivity contribution in [2.45, 2.75) is 52.9 Å². The van der Waals surface area contributed by atoms with Gasteiger partial charge in [0.05, 0.1) is 6.61 Å². The first-order valence-electron chi connectivity index (χ1n) is 11.2. The third-order valence-electron chi connectivity index (χ3n) is 4.83. The fraction of sp³-hybridized carbons (Fsp3) is 0.400.